The van der Waals surface area contributed by atoms with Gasteiger partial charge in [-0.1, -0.05) is 25.0 Å². The van der Waals surface area contributed by atoms with Crippen LogP contribution in [0.25, 0.3) is 0 Å². The third-order valence-corrected chi connectivity index (χ3v) is 6.60. The van der Waals surface area contributed by atoms with Crippen molar-refractivity contribution in [3.63, 3.8) is 0 Å². The minimum atomic E-state index is -0.411. The Hall–Kier alpha value is -2.45. The Morgan fingerprint density at radius 3 is 2.96 bits per heavy atom. The molecule has 9 heteroatoms. The Kier molecular flexibility index (Phi) is 2.73. The predicted octanol–water partition coefficient (Wildman–Crippen LogP) is 1.97. The van der Waals surface area contributed by atoms with E-state index in [-0.39, 0.29) is 17.6 Å². The molecule has 0 aromatic carbocycles. The number of fused-ring (bicyclic) bond motifs is 6. The van der Waals surface area contributed by atoms with E-state index in [9.17, 15) is 4.39 Å². The molecule has 8 nitrogen and oxygen atoms in total. The van der Waals surface area contributed by atoms with Crippen LogP contribution >= 0.6 is 0 Å². The quantitative estimate of drug-likeness (QED) is 0.845. The van der Waals surface area contributed by atoms with E-state index in [1.165, 1.54) is 6.42 Å². The summed E-state index contributed by atoms with van der Waals surface area (Å²) in [6, 6.07) is 0.140. The van der Waals surface area contributed by atoms with Crippen LogP contribution in [0.3, 0.4) is 0 Å². The molecule has 0 saturated heterocycles. The lowest BCUT2D eigenvalue weighted by Crippen LogP contribution is -2.55. The topological polar surface area (TPSA) is 76.2 Å². The van der Waals surface area contributed by atoms with Crippen molar-refractivity contribution in [3.05, 3.63) is 24.2 Å². The zero-order valence-electron chi connectivity index (χ0n) is 14.6. The summed E-state index contributed by atoms with van der Waals surface area (Å²) < 4.78 is 18.0. The first-order chi connectivity index (χ1) is 12.7. The second-order valence-corrected chi connectivity index (χ2v) is 8.24. The molecule has 2 saturated carbocycles. The molecule has 2 aliphatic heterocycles. The van der Waals surface area contributed by atoms with Crippen LogP contribution in [-0.4, -0.2) is 36.7 Å². The molecular formula is C17H21FN8. The molecule has 2 aromatic heterocycles. The molecule has 1 N–H and O–H groups in total. The van der Waals surface area contributed by atoms with Crippen LogP contribution in [0.2, 0.25) is 0 Å². The van der Waals surface area contributed by atoms with Crippen LogP contribution in [0, 0.1) is 12.0 Å². The summed E-state index contributed by atoms with van der Waals surface area (Å²) in [6.07, 6.45) is 9.79. The van der Waals surface area contributed by atoms with Crippen molar-refractivity contribution < 1.29 is 4.39 Å². The van der Waals surface area contributed by atoms with Crippen LogP contribution in [-0.2, 0) is 5.41 Å². The lowest BCUT2D eigenvalue weighted by Gasteiger charge is -2.45. The van der Waals surface area contributed by atoms with Gasteiger partial charge in [-0.3, -0.25) is 14.9 Å². The molecular weight excluding hydrogens is 335 g/mol. The highest BCUT2D eigenvalue weighted by atomic mass is 19.1. The average molecular weight is 356 g/mol. The molecule has 6 rings (SSSR count). The molecule has 2 aliphatic carbocycles. The van der Waals surface area contributed by atoms with Gasteiger partial charge >= 0.3 is 0 Å². The van der Waals surface area contributed by atoms with Crippen molar-refractivity contribution in [2.75, 3.05) is 4.90 Å². The Bertz CT molecular complexity index is 910. The summed E-state index contributed by atoms with van der Waals surface area (Å²) in [5.74, 6) is 1.68. The van der Waals surface area contributed by atoms with Gasteiger partial charge in [0.05, 0.1) is 18.1 Å². The minimum Gasteiger partial charge on any atom is -0.283 e. The fourth-order valence-electron chi connectivity index (χ4n) is 4.78. The highest BCUT2D eigenvalue weighted by Gasteiger charge is 2.49. The SMILES string of the molecule is CC1(c2cn(C3=NNC4C5CCCCC5n5c(cnc5F)N34)nn2)CC1. The van der Waals surface area contributed by atoms with Crippen molar-refractivity contribution in [2.45, 2.75) is 63.1 Å². The summed E-state index contributed by atoms with van der Waals surface area (Å²) in [7, 11) is 0. The molecule has 0 amide bonds. The van der Waals surface area contributed by atoms with E-state index in [0.29, 0.717) is 11.9 Å². The summed E-state index contributed by atoms with van der Waals surface area (Å²) in [6.45, 7) is 2.21. The number of hydrogen-bond donors (Lipinski definition) is 1. The van der Waals surface area contributed by atoms with E-state index in [2.05, 4.69) is 32.7 Å². The van der Waals surface area contributed by atoms with Gasteiger partial charge in [-0.25, -0.2) is 4.98 Å². The van der Waals surface area contributed by atoms with Crippen molar-refractivity contribution in [3.8, 4) is 0 Å². The van der Waals surface area contributed by atoms with Gasteiger partial charge < -0.3 is 0 Å². The molecule has 0 bridgehead atoms. The number of rotatable bonds is 1. The lowest BCUT2D eigenvalue weighted by atomic mass is 9.80. The van der Waals surface area contributed by atoms with E-state index in [1.54, 1.807) is 15.4 Å². The first-order valence-corrected chi connectivity index (χ1v) is 9.44. The number of nitrogens with zero attached hydrogens (tertiary/aromatic N) is 7. The number of halogens is 1. The number of imidazole rings is 1. The predicted molar refractivity (Wildman–Crippen MR) is 92.0 cm³/mol. The van der Waals surface area contributed by atoms with Crippen LogP contribution in [0.15, 0.2) is 17.5 Å². The molecule has 136 valence electrons. The van der Waals surface area contributed by atoms with E-state index >= 15 is 0 Å². The second kappa shape index (κ2) is 4.83. The van der Waals surface area contributed by atoms with Gasteiger partial charge in [0.15, 0.2) is 0 Å². The van der Waals surface area contributed by atoms with Crippen LogP contribution < -0.4 is 10.3 Å². The number of nitrogens with one attached hydrogen (secondary N) is 1. The van der Waals surface area contributed by atoms with Gasteiger partial charge in [0.25, 0.3) is 12.0 Å². The Balaban J connectivity index is 1.43. The molecule has 0 spiro atoms. The third-order valence-electron chi connectivity index (χ3n) is 6.60. The Morgan fingerprint density at radius 1 is 1.27 bits per heavy atom. The molecule has 2 aromatic rings. The van der Waals surface area contributed by atoms with Gasteiger partial charge in [0.2, 0.25) is 0 Å². The summed E-state index contributed by atoms with van der Waals surface area (Å²) in [5, 5.41) is 13.2. The van der Waals surface area contributed by atoms with Crippen molar-refractivity contribution in [2.24, 2.45) is 11.0 Å². The van der Waals surface area contributed by atoms with Gasteiger partial charge in [0.1, 0.15) is 12.0 Å². The van der Waals surface area contributed by atoms with Crippen LogP contribution in [0.1, 0.15) is 57.2 Å². The highest BCUT2D eigenvalue weighted by molar-refractivity contribution is 5.98. The fraction of sp³-hybridized carbons (Fsp3) is 0.647. The first-order valence-electron chi connectivity index (χ1n) is 9.44. The third kappa shape index (κ3) is 1.83. The molecule has 3 unspecified atom stereocenters. The maximum absolute atomic E-state index is 14.5. The number of anilines is 1. The lowest BCUT2D eigenvalue weighted by molar-refractivity contribution is 0.161. The van der Waals surface area contributed by atoms with Gasteiger partial charge in [-0.15, -0.1) is 10.2 Å². The van der Waals surface area contributed by atoms with Crippen molar-refractivity contribution in [1.29, 1.82) is 0 Å². The molecule has 3 atom stereocenters. The second-order valence-electron chi connectivity index (χ2n) is 8.24. The number of hydrazone groups is 1. The Labute approximate surface area is 150 Å². The molecule has 0 radical (unpaired) electrons. The molecule has 26 heavy (non-hydrogen) atoms. The van der Waals surface area contributed by atoms with Gasteiger partial charge in [0, 0.05) is 17.4 Å². The van der Waals surface area contributed by atoms with Gasteiger partial charge in [-0.2, -0.15) is 9.07 Å². The zero-order valence-corrected chi connectivity index (χ0v) is 14.6. The van der Waals surface area contributed by atoms with E-state index in [1.807, 2.05) is 11.1 Å². The monoisotopic (exact) mass is 356 g/mol. The summed E-state index contributed by atoms with van der Waals surface area (Å²) in [4.78, 5) is 6.00. The number of hydrogen-bond acceptors (Lipinski definition) is 6. The molecule has 2 fully saturated rings. The Morgan fingerprint density at radius 2 is 2.12 bits per heavy atom. The molecule has 4 aliphatic rings. The standard InChI is InChI=1S/C17H21FN8/c1-17(6-7-17)12-9-24(23-20-12)16-22-21-14-10-4-2-3-5-11(10)25-13(26(14)16)8-19-15(25)18/h8-11,14,21H,2-7H2,1H3. The fourth-order valence-corrected chi connectivity index (χ4v) is 4.78. The average Bonchev–Trinajstić information content (AvgIpc) is 3.06. The number of aromatic nitrogens is 5. The van der Waals surface area contributed by atoms with E-state index in [0.717, 1.165) is 43.6 Å². The summed E-state index contributed by atoms with van der Waals surface area (Å²) in [5.41, 5.74) is 4.43. The minimum absolute atomic E-state index is 0.0167. The van der Waals surface area contributed by atoms with E-state index < -0.39 is 6.08 Å². The summed E-state index contributed by atoms with van der Waals surface area (Å²) >= 11 is 0. The normalized spacial score (nSPS) is 30.9. The smallest absolute Gasteiger partial charge is 0.283 e. The highest BCUT2D eigenvalue weighted by Crippen LogP contribution is 2.47. The largest absolute Gasteiger partial charge is 0.291 e. The molecule has 4 heterocycles. The maximum atomic E-state index is 14.5. The van der Waals surface area contributed by atoms with E-state index in [4.69, 9.17) is 0 Å². The van der Waals surface area contributed by atoms with Gasteiger partial charge in [-0.05, 0) is 25.7 Å². The van der Waals surface area contributed by atoms with Crippen LogP contribution in [0.4, 0.5) is 10.2 Å². The first kappa shape index (κ1) is 14.7. The van der Waals surface area contributed by atoms with Crippen LogP contribution in [0.5, 0.6) is 0 Å². The van der Waals surface area contributed by atoms with Crippen molar-refractivity contribution in [1.82, 2.24) is 30.0 Å². The van der Waals surface area contributed by atoms with Crippen molar-refractivity contribution >= 4 is 11.8 Å². The maximum Gasteiger partial charge on any atom is 0.291 e. The zero-order chi connectivity index (χ0) is 17.5.